The monoisotopic (exact) mass is 435 g/mol. The summed E-state index contributed by atoms with van der Waals surface area (Å²) in [6.07, 6.45) is 5.07. The third-order valence-electron chi connectivity index (χ3n) is 11.6. The van der Waals surface area contributed by atoms with Gasteiger partial charge >= 0.3 is 5.97 Å². The molecule has 9 aliphatic rings. The van der Waals surface area contributed by atoms with E-state index in [-0.39, 0.29) is 40.7 Å². The molecule has 1 N–H and O–H groups in total. The summed E-state index contributed by atoms with van der Waals surface area (Å²) in [4.78, 5) is 16.0. The van der Waals surface area contributed by atoms with Crippen molar-refractivity contribution in [3.8, 4) is 0 Å². The van der Waals surface area contributed by atoms with E-state index in [4.69, 9.17) is 4.74 Å². The van der Waals surface area contributed by atoms with Gasteiger partial charge in [0.2, 0.25) is 0 Å². The van der Waals surface area contributed by atoms with Crippen molar-refractivity contribution in [2.75, 3.05) is 6.54 Å². The number of halogens is 1. The van der Waals surface area contributed by atoms with Crippen LogP contribution in [0.1, 0.15) is 49.4 Å². The Bertz CT molecular complexity index is 1090. The fourth-order valence-electron chi connectivity index (χ4n) is 11.4. The van der Waals surface area contributed by atoms with Gasteiger partial charge in [-0.3, -0.25) is 4.90 Å². The number of fused-ring (bicyclic) bond motifs is 1. The molecular weight excluding hydrogens is 405 g/mol. The van der Waals surface area contributed by atoms with Gasteiger partial charge in [0, 0.05) is 35.9 Å². The Morgan fingerprint density at radius 1 is 1.22 bits per heavy atom. The zero-order valence-corrected chi connectivity index (χ0v) is 18.5. The summed E-state index contributed by atoms with van der Waals surface area (Å²) >= 11 is 0. The molecule has 0 aromatic heterocycles. The highest BCUT2D eigenvalue weighted by atomic mass is 19.1. The zero-order chi connectivity index (χ0) is 21.8. The summed E-state index contributed by atoms with van der Waals surface area (Å²) in [6, 6.07) is 6.71. The number of rotatable bonds is 2. The molecule has 1 aromatic carbocycles. The number of carbonyl (C=O) groups is 1. The van der Waals surface area contributed by atoms with Gasteiger partial charge in [0.25, 0.3) is 0 Å². The Hall–Kier alpha value is -1.72. The van der Waals surface area contributed by atoms with Gasteiger partial charge in [0.15, 0.2) is 0 Å². The van der Waals surface area contributed by atoms with Crippen LogP contribution in [0.25, 0.3) is 0 Å². The standard InChI is InChI=1S/C27H30FNO3/c1-13-16-10-17-22-26-9-3-8-25(2)12-29(22)18(20(25)26)11-27(17,21(26)19(16)30)23(13)32-24(31)14-4-6-15(28)7-5-14/h4-7,16-23,30H,1,3,8-12H2,2H3/t16-,17-,18+,19+,20-,21+,22?,23-,25+,26+,27-/m1/s1. The van der Waals surface area contributed by atoms with E-state index < -0.39 is 5.97 Å². The van der Waals surface area contributed by atoms with Crippen LogP contribution in [0.15, 0.2) is 36.4 Å². The second-order valence-corrected chi connectivity index (χ2v) is 12.4. The van der Waals surface area contributed by atoms with Gasteiger partial charge in [0.1, 0.15) is 11.9 Å². The lowest BCUT2D eigenvalue weighted by molar-refractivity contribution is -0.213. The van der Waals surface area contributed by atoms with Gasteiger partial charge in [-0.2, -0.15) is 0 Å². The van der Waals surface area contributed by atoms with Gasteiger partial charge in [0.05, 0.1) is 11.7 Å². The predicted octanol–water partition coefficient (Wildman–Crippen LogP) is 3.80. The molecule has 168 valence electrons. The van der Waals surface area contributed by atoms with Crippen LogP contribution in [0.3, 0.4) is 0 Å². The second kappa shape index (κ2) is 5.33. The number of ether oxygens (including phenoxy) is 1. The van der Waals surface area contributed by atoms with Crippen LogP contribution in [0.4, 0.5) is 4.39 Å². The number of benzene rings is 1. The highest BCUT2D eigenvalue weighted by Crippen LogP contribution is 2.87. The van der Waals surface area contributed by atoms with Crippen molar-refractivity contribution in [1.29, 1.82) is 0 Å². The van der Waals surface area contributed by atoms with Gasteiger partial charge in [-0.05, 0) is 78.2 Å². The third kappa shape index (κ3) is 1.67. The summed E-state index contributed by atoms with van der Waals surface area (Å²) in [5, 5.41) is 11.7. The van der Waals surface area contributed by atoms with Crippen molar-refractivity contribution in [3.05, 3.63) is 47.8 Å². The maximum Gasteiger partial charge on any atom is 0.338 e. The second-order valence-electron chi connectivity index (χ2n) is 12.4. The number of piperidine rings is 2. The Morgan fingerprint density at radius 2 is 2.00 bits per heavy atom. The number of aliphatic hydroxyl groups excluding tert-OH is 1. The van der Waals surface area contributed by atoms with Crippen molar-refractivity contribution in [2.24, 2.45) is 39.9 Å². The summed E-state index contributed by atoms with van der Waals surface area (Å²) in [5.41, 5.74) is 1.66. The average Bonchev–Trinajstić information content (AvgIpc) is 3.19. The molecule has 12 atom stereocenters. The quantitative estimate of drug-likeness (QED) is 0.567. The third-order valence-corrected chi connectivity index (χ3v) is 11.6. The van der Waals surface area contributed by atoms with Gasteiger partial charge < -0.3 is 9.84 Å². The molecule has 5 heteroatoms. The molecule has 9 bridgehead atoms. The summed E-state index contributed by atoms with van der Waals surface area (Å²) in [6.45, 7) is 8.10. The van der Waals surface area contributed by atoms with Crippen molar-refractivity contribution < 1.29 is 19.0 Å². The van der Waals surface area contributed by atoms with Gasteiger partial charge in [-0.1, -0.05) is 19.9 Å². The van der Waals surface area contributed by atoms with E-state index in [1.165, 1.54) is 50.1 Å². The van der Waals surface area contributed by atoms with Gasteiger partial charge in [-0.15, -0.1) is 0 Å². The topological polar surface area (TPSA) is 49.8 Å². The lowest BCUT2D eigenvalue weighted by atomic mass is 9.39. The van der Waals surface area contributed by atoms with Crippen LogP contribution in [-0.4, -0.2) is 46.8 Å². The fourth-order valence-corrected chi connectivity index (χ4v) is 11.4. The molecule has 6 saturated carbocycles. The van der Waals surface area contributed by atoms with E-state index in [1.807, 2.05) is 0 Å². The number of hydrogen-bond acceptors (Lipinski definition) is 4. The molecule has 2 unspecified atom stereocenters. The van der Waals surface area contributed by atoms with Crippen molar-refractivity contribution >= 4 is 5.97 Å². The highest BCUT2D eigenvalue weighted by molar-refractivity contribution is 5.89. The Kier molecular flexibility index (Phi) is 3.11. The molecule has 3 saturated heterocycles. The average molecular weight is 436 g/mol. The zero-order valence-electron chi connectivity index (χ0n) is 18.5. The molecule has 32 heavy (non-hydrogen) atoms. The molecule has 10 rings (SSSR count). The molecule has 3 heterocycles. The van der Waals surface area contributed by atoms with Crippen LogP contribution in [-0.2, 0) is 4.74 Å². The number of carbonyl (C=O) groups excluding carboxylic acids is 1. The van der Waals surface area contributed by atoms with Crippen LogP contribution < -0.4 is 0 Å². The van der Waals surface area contributed by atoms with E-state index in [1.54, 1.807) is 0 Å². The molecular formula is C27H30FNO3. The Balaban J connectivity index is 1.26. The molecule has 0 amide bonds. The van der Waals surface area contributed by atoms with E-state index in [0.29, 0.717) is 34.9 Å². The van der Waals surface area contributed by atoms with E-state index >= 15 is 0 Å². The maximum atomic E-state index is 13.4. The lowest BCUT2D eigenvalue weighted by Gasteiger charge is -2.66. The molecule has 4 nitrogen and oxygen atoms in total. The first-order valence-electron chi connectivity index (χ1n) is 12.4. The van der Waals surface area contributed by atoms with Crippen molar-refractivity contribution in [2.45, 2.75) is 63.3 Å². The molecule has 9 fully saturated rings. The molecule has 0 radical (unpaired) electrons. The molecule has 6 aliphatic carbocycles. The van der Waals surface area contributed by atoms with E-state index in [0.717, 1.165) is 18.4 Å². The Morgan fingerprint density at radius 3 is 2.78 bits per heavy atom. The first kappa shape index (κ1) is 18.7. The molecule has 3 aliphatic heterocycles. The van der Waals surface area contributed by atoms with E-state index in [9.17, 15) is 14.3 Å². The van der Waals surface area contributed by atoms with Crippen LogP contribution in [0, 0.1) is 45.7 Å². The summed E-state index contributed by atoms with van der Waals surface area (Å²) < 4.78 is 19.7. The smallest absolute Gasteiger partial charge is 0.338 e. The number of nitrogens with zero attached hydrogens (tertiary/aromatic N) is 1. The van der Waals surface area contributed by atoms with Crippen LogP contribution in [0.2, 0.25) is 0 Å². The summed E-state index contributed by atoms with van der Waals surface area (Å²) in [5.74, 6) is 0.611. The minimum Gasteiger partial charge on any atom is -0.454 e. The van der Waals surface area contributed by atoms with E-state index in [2.05, 4.69) is 18.4 Å². The van der Waals surface area contributed by atoms with Crippen LogP contribution in [0.5, 0.6) is 0 Å². The minimum atomic E-state index is -0.392. The highest BCUT2D eigenvalue weighted by Gasteiger charge is 2.90. The lowest BCUT2D eigenvalue weighted by Crippen LogP contribution is -2.69. The SMILES string of the molecule is C=C1[C@H]2C[C@@H]3C4N5C[C@]6(C)CCC[C@@]47[C@@H]6[C@@H]5C[C@]3([C@@H]1OC(=O)c1ccc(F)cc1)[C@H]7[C@H]2O. The number of aliphatic hydroxyl groups is 1. The van der Waals surface area contributed by atoms with Crippen molar-refractivity contribution in [1.82, 2.24) is 4.90 Å². The normalized spacial score (nSPS) is 57.3. The number of hydrogen-bond donors (Lipinski definition) is 1. The first-order valence-corrected chi connectivity index (χ1v) is 12.4. The minimum absolute atomic E-state index is 0.0169. The van der Waals surface area contributed by atoms with Crippen molar-refractivity contribution in [3.63, 3.8) is 0 Å². The van der Waals surface area contributed by atoms with Crippen LogP contribution >= 0.6 is 0 Å². The fraction of sp³-hybridized carbons (Fsp3) is 0.667. The predicted molar refractivity (Wildman–Crippen MR) is 115 cm³/mol. The summed E-state index contributed by atoms with van der Waals surface area (Å²) in [7, 11) is 0. The molecule has 2 spiro atoms. The largest absolute Gasteiger partial charge is 0.454 e. The van der Waals surface area contributed by atoms with Gasteiger partial charge in [-0.25, -0.2) is 9.18 Å². The molecule has 1 aromatic rings. The first-order chi connectivity index (χ1) is 15.3. The number of esters is 1. The maximum absolute atomic E-state index is 13.4. The Labute approximate surface area is 187 Å².